The standard InChI is InChI=1S/C12H17N/c1-4-11-8-6-7-9-12(11)10-13(3)5-2/h4,6-9H,1,5,10H2,2-3H3. The molecule has 0 bridgehead atoms. The van der Waals surface area contributed by atoms with E-state index in [0.29, 0.717) is 0 Å². The fourth-order valence-electron chi connectivity index (χ4n) is 1.28. The third kappa shape index (κ3) is 2.71. The molecule has 0 spiro atoms. The molecule has 0 radical (unpaired) electrons. The third-order valence-corrected chi connectivity index (χ3v) is 2.26. The highest BCUT2D eigenvalue weighted by Gasteiger charge is 2.00. The highest BCUT2D eigenvalue weighted by atomic mass is 15.1. The molecule has 0 saturated carbocycles. The SMILES string of the molecule is C=Cc1ccccc1CN(C)CC. The average Bonchev–Trinajstić information content (AvgIpc) is 2.18. The van der Waals surface area contributed by atoms with E-state index in [1.807, 2.05) is 12.1 Å². The number of rotatable bonds is 4. The summed E-state index contributed by atoms with van der Waals surface area (Å²) in [7, 11) is 2.12. The van der Waals surface area contributed by atoms with Crippen LogP contribution in [0.2, 0.25) is 0 Å². The molecule has 1 rings (SSSR count). The highest BCUT2D eigenvalue weighted by molar-refractivity contribution is 5.51. The van der Waals surface area contributed by atoms with Gasteiger partial charge in [0, 0.05) is 6.54 Å². The summed E-state index contributed by atoms with van der Waals surface area (Å²) in [5.41, 5.74) is 2.59. The van der Waals surface area contributed by atoms with Crippen LogP contribution < -0.4 is 0 Å². The molecule has 0 fully saturated rings. The van der Waals surface area contributed by atoms with Crippen LogP contribution in [0.5, 0.6) is 0 Å². The first kappa shape index (κ1) is 10.0. The maximum Gasteiger partial charge on any atom is 0.0236 e. The topological polar surface area (TPSA) is 3.24 Å². The Labute approximate surface area is 80.7 Å². The maximum absolute atomic E-state index is 3.81. The summed E-state index contributed by atoms with van der Waals surface area (Å²) >= 11 is 0. The summed E-state index contributed by atoms with van der Waals surface area (Å²) in [5.74, 6) is 0. The van der Waals surface area contributed by atoms with Crippen LogP contribution in [0.4, 0.5) is 0 Å². The molecule has 1 heteroatoms. The fraction of sp³-hybridized carbons (Fsp3) is 0.333. The van der Waals surface area contributed by atoms with Crippen molar-refractivity contribution in [3.8, 4) is 0 Å². The van der Waals surface area contributed by atoms with E-state index in [1.54, 1.807) is 0 Å². The normalized spacial score (nSPS) is 10.4. The Bertz CT molecular complexity index is 278. The van der Waals surface area contributed by atoms with Crippen LogP contribution in [-0.4, -0.2) is 18.5 Å². The molecule has 1 aromatic carbocycles. The number of benzene rings is 1. The van der Waals surface area contributed by atoms with E-state index in [2.05, 4.69) is 43.6 Å². The van der Waals surface area contributed by atoms with E-state index >= 15 is 0 Å². The Hall–Kier alpha value is -1.08. The van der Waals surface area contributed by atoms with Crippen LogP contribution in [0.1, 0.15) is 18.1 Å². The fourth-order valence-corrected chi connectivity index (χ4v) is 1.28. The van der Waals surface area contributed by atoms with Gasteiger partial charge in [0.05, 0.1) is 0 Å². The van der Waals surface area contributed by atoms with E-state index in [9.17, 15) is 0 Å². The molecule has 0 N–H and O–H groups in total. The van der Waals surface area contributed by atoms with Gasteiger partial charge in [0.15, 0.2) is 0 Å². The van der Waals surface area contributed by atoms with Crippen molar-refractivity contribution in [1.29, 1.82) is 0 Å². The predicted octanol–water partition coefficient (Wildman–Crippen LogP) is 2.78. The summed E-state index contributed by atoms with van der Waals surface area (Å²) in [6.07, 6.45) is 1.92. The van der Waals surface area contributed by atoms with E-state index in [0.717, 1.165) is 13.1 Å². The van der Waals surface area contributed by atoms with Crippen molar-refractivity contribution in [2.24, 2.45) is 0 Å². The number of nitrogens with zero attached hydrogens (tertiary/aromatic N) is 1. The lowest BCUT2D eigenvalue weighted by molar-refractivity contribution is 0.345. The van der Waals surface area contributed by atoms with E-state index < -0.39 is 0 Å². The number of hydrogen-bond acceptors (Lipinski definition) is 1. The van der Waals surface area contributed by atoms with E-state index in [-0.39, 0.29) is 0 Å². The van der Waals surface area contributed by atoms with E-state index in [1.165, 1.54) is 11.1 Å². The molecule has 0 heterocycles. The first-order valence-electron chi connectivity index (χ1n) is 4.66. The molecule has 0 saturated heterocycles. The van der Waals surface area contributed by atoms with Crippen molar-refractivity contribution in [1.82, 2.24) is 4.90 Å². The quantitative estimate of drug-likeness (QED) is 0.680. The minimum atomic E-state index is 0.999. The molecule has 0 amide bonds. The summed E-state index contributed by atoms with van der Waals surface area (Å²) in [4.78, 5) is 2.28. The van der Waals surface area contributed by atoms with Crippen molar-refractivity contribution in [2.45, 2.75) is 13.5 Å². The Morgan fingerprint density at radius 2 is 2.08 bits per heavy atom. The molecule has 1 aromatic rings. The zero-order valence-electron chi connectivity index (χ0n) is 8.46. The summed E-state index contributed by atoms with van der Waals surface area (Å²) in [6, 6.07) is 8.38. The van der Waals surface area contributed by atoms with Crippen LogP contribution in [-0.2, 0) is 6.54 Å². The third-order valence-electron chi connectivity index (χ3n) is 2.26. The van der Waals surface area contributed by atoms with Crippen LogP contribution in [0.25, 0.3) is 6.08 Å². The first-order valence-corrected chi connectivity index (χ1v) is 4.66. The van der Waals surface area contributed by atoms with Crippen molar-refractivity contribution >= 4 is 6.08 Å². The van der Waals surface area contributed by atoms with Crippen molar-refractivity contribution in [2.75, 3.05) is 13.6 Å². The number of hydrogen-bond donors (Lipinski definition) is 0. The molecule has 0 unspecified atom stereocenters. The monoisotopic (exact) mass is 175 g/mol. The predicted molar refractivity (Wildman–Crippen MR) is 58.5 cm³/mol. The van der Waals surface area contributed by atoms with Crippen LogP contribution in [0.3, 0.4) is 0 Å². The second kappa shape index (κ2) is 4.83. The summed E-state index contributed by atoms with van der Waals surface area (Å²) in [5, 5.41) is 0. The average molecular weight is 175 g/mol. The van der Waals surface area contributed by atoms with Gasteiger partial charge >= 0.3 is 0 Å². The summed E-state index contributed by atoms with van der Waals surface area (Å²) < 4.78 is 0. The Morgan fingerprint density at radius 3 is 2.69 bits per heavy atom. The molecule has 0 aromatic heterocycles. The van der Waals surface area contributed by atoms with Gasteiger partial charge in [-0.2, -0.15) is 0 Å². The molecule has 0 aliphatic rings. The van der Waals surface area contributed by atoms with Gasteiger partial charge in [-0.1, -0.05) is 43.8 Å². The van der Waals surface area contributed by atoms with Gasteiger partial charge in [-0.25, -0.2) is 0 Å². The minimum absolute atomic E-state index is 0.999. The Morgan fingerprint density at radius 1 is 1.38 bits per heavy atom. The molecular weight excluding hydrogens is 158 g/mol. The molecule has 0 atom stereocenters. The second-order valence-electron chi connectivity index (χ2n) is 3.23. The van der Waals surface area contributed by atoms with Gasteiger partial charge in [0.1, 0.15) is 0 Å². The largest absolute Gasteiger partial charge is 0.302 e. The first-order chi connectivity index (χ1) is 6.27. The van der Waals surface area contributed by atoms with Crippen LogP contribution >= 0.6 is 0 Å². The zero-order valence-corrected chi connectivity index (χ0v) is 8.46. The molecule has 1 nitrogen and oxygen atoms in total. The maximum atomic E-state index is 3.81. The van der Waals surface area contributed by atoms with Crippen LogP contribution in [0, 0.1) is 0 Å². The van der Waals surface area contributed by atoms with Crippen molar-refractivity contribution in [3.05, 3.63) is 42.0 Å². The second-order valence-corrected chi connectivity index (χ2v) is 3.23. The lowest BCUT2D eigenvalue weighted by atomic mass is 10.1. The lowest BCUT2D eigenvalue weighted by Gasteiger charge is -2.15. The highest BCUT2D eigenvalue weighted by Crippen LogP contribution is 2.11. The Balaban J connectivity index is 2.80. The lowest BCUT2D eigenvalue weighted by Crippen LogP contribution is -2.17. The smallest absolute Gasteiger partial charge is 0.0236 e. The zero-order chi connectivity index (χ0) is 9.68. The molecule has 0 aliphatic carbocycles. The van der Waals surface area contributed by atoms with Gasteiger partial charge in [-0.05, 0) is 24.7 Å². The van der Waals surface area contributed by atoms with Crippen LogP contribution in [0.15, 0.2) is 30.8 Å². The summed E-state index contributed by atoms with van der Waals surface area (Å²) in [6.45, 7) is 8.04. The van der Waals surface area contributed by atoms with Crippen molar-refractivity contribution in [3.63, 3.8) is 0 Å². The minimum Gasteiger partial charge on any atom is -0.302 e. The van der Waals surface area contributed by atoms with Gasteiger partial charge in [-0.3, -0.25) is 0 Å². The van der Waals surface area contributed by atoms with Crippen molar-refractivity contribution < 1.29 is 0 Å². The Kier molecular flexibility index (Phi) is 3.71. The molecule has 13 heavy (non-hydrogen) atoms. The molecule has 0 aliphatic heterocycles. The van der Waals surface area contributed by atoms with Gasteiger partial charge < -0.3 is 4.90 Å². The molecular formula is C12H17N. The van der Waals surface area contributed by atoms with Gasteiger partial charge in [0.2, 0.25) is 0 Å². The van der Waals surface area contributed by atoms with Gasteiger partial charge in [-0.15, -0.1) is 0 Å². The van der Waals surface area contributed by atoms with Gasteiger partial charge in [0.25, 0.3) is 0 Å². The van der Waals surface area contributed by atoms with E-state index in [4.69, 9.17) is 0 Å². The molecule has 70 valence electrons.